The largest absolute Gasteiger partial charge is 0.416 e. The van der Waals surface area contributed by atoms with Crippen molar-refractivity contribution in [1.29, 1.82) is 0 Å². The Morgan fingerprint density at radius 2 is 1.42 bits per heavy atom. The lowest BCUT2D eigenvalue weighted by Gasteiger charge is -2.26. The molecule has 0 atom stereocenters. The topological polar surface area (TPSA) is 0 Å². The van der Waals surface area contributed by atoms with Gasteiger partial charge in [0.1, 0.15) is 0 Å². The Morgan fingerprint density at radius 1 is 0.839 bits per heavy atom. The molecule has 6 heteroatoms. The van der Waals surface area contributed by atoms with E-state index in [9.17, 15) is 26.3 Å². The molecule has 0 saturated heterocycles. The predicted octanol–water partition coefficient (Wildman–Crippen LogP) is 8.82. The molecule has 1 aliphatic carbocycles. The summed E-state index contributed by atoms with van der Waals surface area (Å²) in [5, 5.41) is 0. The van der Waals surface area contributed by atoms with E-state index in [1.807, 2.05) is 39.0 Å². The van der Waals surface area contributed by atoms with Crippen molar-refractivity contribution >= 4 is 6.08 Å². The van der Waals surface area contributed by atoms with Crippen LogP contribution in [0.2, 0.25) is 0 Å². The number of benzene rings is 2. The molecule has 0 nitrogen and oxygen atoms in total. The summed E-state index contributed by atoms with van der Waals surface area (Å²) in [6.45, 7) is 7.81. The van der Waals surface area contributed by atoms with Crippen LogP contribution in [0.5, 0.6) is 0 Å². The van der Waals surface area contributed by atoms with E-state index >= 15 is 0 Å². The second kappa shape index (κ2) is 8.03. The van der Waals surface area contributed by atoms with Crippen molar-refractivity contribution in [1.82, 2.24) is 0 Å². The van der Waals surface area contributed by atoms with Crippen molar-refractivity contribution in [2.45, 2.75) is 71.1 Å². The van der Waals surface area contributed by atoms with Gasteiger partial charge in [0.25, 0.3) is 0 Å². The predicted molar refractivity (Wildman–Crippen MR) is 112 cm³/mol. The van der Waals surface area contributed by atoms with Crippen molar-refractivity contribution in [3.63, 3.8) is 0 Å². The van der Waals surface area contributed by atoms with Gasteiger partial charge in [-0.05, 0) is 70.7 Å². The zero-order valence-corrected chi connectivity index (χ0v) is 18.1. The molecule has 2 aromatic rings. The van der Waals surface area contributed by atoms with Crippen LogP contribution in [-0.4, -0.2) is 0 Å². The van der Waals surface area contributed by atoms with Crippen LogP contribution in [0.3, 0.4) is 0 Å². The smallest absolute Gasteiger partial charge is 0.166 e. The Bertz CT molecular complexity index is 968. The van der Waals surface area contributed by atoms with Crippen LogP contribution in [0.4, 0.5) is 26.3 Å². The normalized spacial score (nSPS) is 14.6. The molecule has 0 heterocycles. The number of hydrogen-bond donors (Lipinski definition) is 0. The van der Waals surface area contributed by atoms with Gasteiger partial charge >= 0.3 is 12.4 Å². The van der Waals surface area contributed by atoms with E-state index in [-0.39, 0.29) is 11.6 Å². The first-order chi connectivity index (χ1) is 14.2. The highest BCUT2D eigenvalue weighted by atomic mass is 19.4. The molecule has 0 aromatic heterocycles. The lowest BCUT2D eigenvalue weighted by Crippen LogP contribution is -2.15. The molecule has 168 valence electrons. The quantitative estimate of drug-likeness (QED) is 0.417. The van der Waals surface area contributed by atoms with Crippen LogP contribution in [0.1, 0.15) is 74.8 Å². The number of fused-ring (bicyclic) bond motifs is 1. The lowest BCUT2D eigenvalue weighted by atomic mass is 9.78. The fraction of sp³-hybridized carbons (Fsp3) is 0.440. The summed E-state index contributed by atoms with van der Waals surface area (Å²) in [5.74, 6) is 0. The van der Waals surface area contributed by atoms with E-state index in [0.717, 1.165) is 53.7 Å². The molecule has 0 unspecified atom stereocenters. The Kier molecular flexibility index (Phi) is 6.07. The van der Waals surface area contributed by atoms with E-state index in [1.165, 1.54) is 0 Å². The number of rotatable bonds is 4. The summed E-state index contributed by atoms with van der Waals surface area (Å²) in [5.41, 5.74) is 0.956. The Labute approximate surface area is 179 Å². The first-order valence-electron chi connectivity index (χ1n) is 10.4. The maximum Gasteiger partial charge on any atom is 0.416 e. The average Bonchev–Trinajstić information content (AvgIpc) is 3.06. The minimum absolute atomic E-state index is 0.0445. The number of allylic oxidation sites excluding steroid dienone is 1. The van der Waals surface area contributed by atoms with Gasteiger partial charge < -0.3 is 0 Å². The minimum atomic E-state index is -4.88. The summed E-state index contributed by atoms with van der Waals surface area (Å²) < 4.78 is 80.9. The first-order valence-corrected chi connectivity index (χ1v) is 10.4. The molecular weight excluding hydrogens is 414 g/mol. The third-order valence-corrected chi connectivity index (χ3v) is 5.64. The Hall–Kier alpha value is -2.24. The number of hydrogen-bond acceptors (Lipinski definition) is 0. The Morgan fingerprint density at radius 3 is 1.90 bits per heavy atom. The fourth-order valence-electron chi connectivity index (χ4n) is 4.08. The van der Waals surface area contributed by atoms with Crippen molar-refractivity contribution in [2.24, 2.45) is 0 Å². The van der Waals surface area contributed by atoms with Gasteiger partial charge in [0.15, 0.2) is 0 Å². The number of unbranched alkanes of at least 4 members (excludes halogenated alkanes) is 1. The van der Waals surface area contributed by atoms with Gasteiger partial charge in [-0.3, -0.25) is 0 Å². The molecule has 0 bridgehead atoms. The van der Waals surface area contributed by atoms with Gasteiger partial charge in [-0.2, -0.15) is 26.3 Å². The van der Waals surface area contributed by atoms with Crippen molar-refractivity contribution < 1.29 is 26.3 Å². The van der Waals surface area contributed by atoms with E-state index in [2.05, 4.69) is 6.92 Å². The van der Waals surface area contributed by atoms with Gasteiger partial charge in [0.2, 0.25) is 0 Å². The molecule has 1 aliphatic rings. The van der Waals surface area contributed by atoms with Crippen LogP contribution in [0, 0.1) is 0 Å². The molecule has 0 spiro atoms. The molecule has 3 rings (SSSR count). The maximum absolute atomic E-state index is 13.5. The minimum Gasteiger partial charge on any atom is -0.166 e. The van der Waals surface area contributed by atoms with Gasteiger partial charge in [-0.15, -0.1) is 0 Å². The highest BCUT2D eigenvalue weighted by molar-refractivity contribution is 5.84. The third-order valence-electron chi connectivity index (χ3n) is 5.64. The highest BCUT2D eigenvalue weighted by Gasteiger charge is 2.38. The first kappa shape index (κ1) is 23.4. The van der Waals surface area contributed by atoms with E-state index in [0.29, 0.717) is 12.0 Å². The lowest BCUT2D eigenvalue weighted by molar-refractivity contribution is -0.143. The Balaban J connectivity index is 2.32. The van der Waals surface area contributed by atoms with Crippen molar-refractivity contribution in [3.05, 3.63) is 63.7 Å². The molecule has 0 aliphatic heterocycles. The molecule has 0 amide bonds. The average molecular weight is 440 g/mol. The van der Waals surface area contributed by atoms with Crippen molar-refractivity contribution in [3.8, 4) is 11.1 Å². The summed E-state index contributed by atoms with van der Waals surface area (Å²) in [6.07, 6.45) is -4.25. The molecule has 0 fully saturated rings. The molecular formula is C25H26F6. The zero-order chi connectivity index (χ0) is 23.2. The summed E-state index contributed by atoms with van der Waals surface area (Å²) in [4.78, 5) is 0. The van der Waals surface area contributed by atoms with E-state index in [4.69, 9.17) is 0 Å². The SMILES string of the molecule is CCCCC1=Cc2c(ccc(C(C)(C)C)c2-c2cc(C(F)(F)F)cc(C(F)(F)F)c2)C1. The monoisotopic (exact) mass is 440 g/mol. The standard InChI is InChI=1S/C25H26F6/c1-5-6-7-15-10-16-8-9-21(23(2,3)4)22(20(16)11-15)17-12-18(24(26,27)28)14-19(13-17)25(29,30)31/h8-9,11-14H,5-7,10H2,1-4H3. The third kappa shape index (κ3) is 4.99. The second-order valence-electron chi connectivity index (χ2n) is 9.19. The summed E-state index contributed by atoms with van der Waals surface area (Å²) in [7, 11) is 0. The molecule has 0 radical (unpaired) electrons. The second-order valence-corrected chi connectivity index (χ2v) is 9.19. The van der Waals surface area contributed by atoms with Crippen LogP contribution < -0.4 is 0 Å². The van der Waals surface area contributed by atoms with Crippen LogP contribution in [0.25, 0.3) is 17.2 Å². The molecule has 0 N–H and O–H groups in total. The van der Waals surface area contributed by atoms with E-state index < -0.39 is 28.9 Å². The van der Waals surface area contributed by atoms with Crippen molar-refractivity contribution in [2.75, 3.05) is 0 Å². The van der Waals surface area contributed by atoms with Gasteiger partial charge in [-0.25, -0.2) is 0 Å². The highest BCUT2D eigenvalue weighted by Crippen LogP contribution is 2.45. The summed E-state index contributed by atoms with van der Waals surface area (Å²) >= 11 is 0. The summed E-state index contributed by atoms with van der Waals surface area (Å²) in [6, 6.07) is 5.67. The number of halogens is 6. The van der Waals surface area contributed by atoms with Crippen LogP contribution >= 0.6 is 0 Å². The molecule has 2 aromatic carbocycles. The van der Waals surface area contributed by atoms with Gasteiger partial charge in [-0.1, -0.05) is 57.9 Å². The maximum atomic E-state index is 13.5. The van der Waals surface area contributed by atoms with Crippen LogP contribution in [-0.2, 0) is 24.2 Å². The zero-order valence-electron chi connectivity index (χ0n) is 18.1. The van der Waals surface area contributed by atoms with Crippen LogP contribution in [0.15, 0.2) is 35.9 Å². The van der Waals surface area contributed by atoms with Gasteiger partial charge in [0.05, 0.1) is 11.1 Å². The fourth-order valence-corrected chi connectivity index (χ4v) is 4.08. The van der Waals surface area contributed by atoms with Gasteiger partial charge in [0, 0.05) is 0 Å². The van der Waals surface area contributed by atoms with E-state index in [1.54, 1.807) is 0 Å². The number of alkyl halides is 6. The molecule has 0 saturated carbocycles. The molecule has 31 heavy (non-hydrogen) atoms.